The molecule has 1 aliphatic rings. The Hall–Kier alpha value is -2.75. The summed E-state index contributed by atoms with van der Waals surface area (Å²) in [5.74, 6) is -1.57. The van der Waals surface area contributed by atoms with E-state index in [1.165, 1.54) is 23.6 Å². The van der Waals surface area contributed by atoms with Gasteiger partial charge in [-0.1, -0.05) is 41.4 Å². The van der Waals surface area contributed by atoms with E-state index in [2.05, 4.69) is 10.6 Å². The van der Waals surface area contributed by atoms with Gasteiger partial charge in [-0.3, -0.25) is 14.4 Å². The van der Waals surface area contributed by atoms with Gasteiger partial charge in [0.15, 0.2) is 0 Å². The number of hydrogen-bond donors (Lipinski definition) is 3. The van der Waals surface area contributed by atoms with Crippen molar-refractivity contribution in [3.05, 3.63) is 63.6 Å². The van der Waals surface area contributed by atoms with Crippen molar-refractivity contribution in [1.29, 1.82) is 0 Å². The van der Waals surface area contributed by atoms with Gasteiger partial charge in [0.25, 0.3) is 5.91 Å². The lowest BCUT2D eigenvalue weighted by Crippen LogP contribution is -2.52. The minimum absolute atomic E-state index is 0.0333. The average Bonchev–Trinajstić information content (AvgIpc) is 3.25. The highest BCUT2D eigenvalue weighted by Gasteiger charge is 2.35. The predicted octanol–water partition coefficient (Wildman–Crippen LogP) is 3.28. The van der Waals surface area contributed by atoms with Crippen LogP contribution in [0.15, 0.2) is 42.5 Å². The molecule has 2 atom stereocenters. The van der Waals surface area contributed by atoms with E-state index in [1.807, 2.05) is 0 Å². The molecule has 11 heteroatoms. The van der Waals surface area contributed by atoms with Crippen molar-refractivity contribution in [3.8, 4) is 0 Å². The smallest absolute Gasteiger partial charge is 0.326 e. The van der Waals surface area contributed by atoms with Gasteiger partial charge < -0.3 is 20.6 Å². The fourth-order valence-corrected chi connectivity index (χ4v) is 5.09. The Kier molecular flexibility index (Phi) is 8.23. The number of rotatable bonds is 7. The lowest BCUT2D eigenvalue weighted by molar-refractivity contribution is -0.143. The lowest BCUT2D eigenvalue weighted by atomic mass is 10.0. The number of halogens is 2. The molecule has 1 saturated heterocycles. The molecule has 1 aliphatic heterocycles. The first-order valence-corrected chi connectivity index (χ1v) is 11.8. The summed E-state index contributed by atoms with van der Waals surface area (Å²) in [4.78, 5) is 49.9. The number of amides is 3. The van der Waals surface area contributed by atoms with Gasteiger partial charge in [0, 0.05) is 24.8 Å². The van der Waals surface area contributed by atoms with E-state index in [1.54, 1.807) is 42.5 Å². The molecule has 0 saturated carbocycles. The molecule has 0 bridgehead atoms. The Bertz CT molecular complexity index is 1060. The maximum absolute atomic E-state index is 12.6. The van der Waals surface area contributed by atoms with Crippen molar-refractivity contribution in [1.82, 2.24) is 10.2 Å². The second-order valence-corrected chi connectivity index (χ2v) is 9.17. The zero-order valence-electron chi connectivity index (χ0n) is 17.5. The monoisotopic (exact) mass is 509 g/mol. The van der Waals surface area contributed by atoms with Gasteiger partial charge in [-0.25, -0.2) is 4.79 Å². The molecular weight excluding hydrogens is 489 g/mol. The van der Waals surface area contributed by atoms with Gasteiger partial charge >= 0.3 is 5.97 Å². The van der Waals surface area contributed by atoms with Gasteiger partial charge in [-0.15, -0.1) is 11.8 Å². The van der Waals surface area contributed by atoms with Crippen LogP contribution in [0.2, 0.25) is 10.0 Å². The first-order chi connectivity index (χ1) is 15.7. The zero-order valence-corrected chi connectivity index (χ0v) is 19.8. The maximum atomic E-state index is 12.6. The van der Waals surface area contributed by atoms with Crippen molar-refractivity contribution in [2.75, 3.05) is 16.9 Å². The molecule has 3 amide bonds. The van der Waals surface area contributed by atoms with Crippen LogP contribution in [0.1, 0.15) is 22.8 Å². The number of carboxylic acids is 1. The third-order valence-corrected chi connectivity index (χ3v) is 6.69. The summed E-state index contributed by atoms with van der Waals surface area (Å²) >= 11 is 13.6. The largest absolute Gasteiger partial charge is 0.480 e. The summed E-state index contributed by atoms with van der Waals surface area (Å²) in [6, 6.07) is 9.43. The average molecular weight is 510 g/mol. The third kappa shape index (κ3) is 6.19. The van der Waals surface area contributed by atoms with Gasteiger partial charge in [0.2, 0.25) is 11.8 Å². The summed E-state index contributed by atoms with van der Waals surface area (Å²) in [5.41, 5.74) is 1.26. The first kappa shape index (κ1) is 24.9. The fraction of sp³-hybridized carbons (Fsp3) is 0.273. The molecule has 0 unspecified atom stereocenters. The lowest BCUT2D eigenvalue weighted by Gasteiger charge is -2.23. The minimum Gasteiger partial charge on any atom is -0.480 e. The number of nitrogens with one attached hydrogen (secondary N) is 2. The van der Waals surface area contributed by atoms with Crippen molar-refractivity contribution in [2.45, 2.75) is 25.4 Å². The topological polar surface area (TPSA) is 116 Å². The highest BCUT2D eigenvalue weighted by molar-refractivity contribution is 7.99. The molecule has 8 nitrogen and oxygen atoms in total. The molecule has 1 fully saturated rings. The van der Waals surface area contributed by atoms with Crippen LogP contribution in [0.3, 0.4) is 0 Å². The Morgan fingerprint density at radius 3 is 2.33 bits per heavy atom. The SMILES string of the molecule is CC(=O)N1CSC[C@H]1C(=O)N[C@@H](Cc1ccc(NC(=O)c2c(Cl)cccc2Cl)cc1)C(=O)O. The molecule has 174 valence electrons. The number of aliphatic carboxylic acids is 1. The highest BCUT2D eigenvalue weighted by Crippen LogP contribution is 2.25. The van der Waals surface area contributed by atoms with Crippen LogP contribution in [-0.2, 0) is 20.8 Å². The van der Waals surface area contributed by atoms with Crippen LogP contribution in [0.25, 0.3) is 0 Å². The highest BCUT2D eigenvalue weighted by atomic mass is 35.5. The van der Waals surface area contributed by atoms with E-state index < -0.39 is 29.9 Å². The van der Waals surface area contributed by atoms with E-state index in [-0.39, 0.29) is 27.9 Å². The second kappa shape index (κ2) is 10.9. The molecule has 3 rings (SSSR count). The van der Waals surface area contributed by atoms with Crippen molar-refractivity contribution in [2.24, 2.45) is 0 Å². The van der Waals surface area contributed by atoms with Crippen LogP contribution in [0.4, 0.5) is 5.69 Å². The van der Waals surface area contributed by atoms with Gasteiger partial charge in [0.1, 0.15) is 12.1 Å². The Morgan fingerprint density at radius 2 is 1.76 bits per heavy atom. The summed E-state index contributed by atoms with van der Waals surface area (Å²) in [6.07, 6.45) is 0.0333. The van der Waals surface area contributed by atoms with Crippen LogP contribution in [0, 0.1) is 0 Å². The molecule has 2 aromatic rings. The van der Waals surface area contributed by atoms with E-state index in [0.717, 1.165) is 0 Å². The molecule has 0 aromatic heterocycles. The van der Waals surface area contributed by atoms with E-state index in [9.17, 15) is 24.3 Å². The molecule has 1 heterocycles. The Morgan fingerprint density at radius 1 is 1.12 bits per heavy atom. The summed E-state index contributed by atoms with van der Waals surface area (Å²) < 4.78 is 0. The summed E-state index contributed by atoms with van der Waals surface area (Å²) in [6.45, 7) is 1.38. The number of carbonyl (C=O) groups excluding carboxylic acids is 3. The van der Waals surface area contributed by atoms with E-state index in [4.69, 9.17) is 23.2 Å². The quantitative estimate of drug-likeness (QED) is 0.527. The van der Waals surface area contributed by atoms with Crippen molar-refractivity contribution in [3.63, 3.8) is 0 Å². The zero-order chi connectivity index (χ0) is 24.1. The third-order valence-electron chi connectivity index (χ3n) is 5.05. The fourth-order valence-electron chi connectivity index (χ4n) is 3.31. The number of thioether (sulfide) groups is 1. The normalized spacial score (nSPS) is 16.2. The van der Waals surface area contributed by atoms with Crippen LogP contribution in [-0.4, -0.2) is 57.4 Å². The van der Waals surface area contributed by atoms with Crippen LogP contribution >= 0.6 is 35.0 Å². The number of carboxylic acid groups (broad SMARTS) is 1. The molecule has 0 spiro atoms. The molecule has 3 N–H and O–H groups in total. The summed E-state index contributed by atoms with van der Waals surface area (Å²) in [7, 11) is 0. The van der Waals surface area contributed by atoms with Crippen molar-refractivity contribution < 1.29 is 24.3 Å². The second-order valence-electron chi connectivity index (χ2n) is 7.36. The van der Waals surface area contributed by atoms with E-state index in [0.29, 0.717) is 22.9 Å². The van der Waals surface area contributed by atoms with Crippen LogP contribution < -0.4 is 10.6 Å². The van der Waals surface area contributed by atoms with Gasteiger partial charge in [-0.2, -0.15) is 0 Å². The van der Waals surface area contributed by atoms with Crippen molar-refractivity contribution >= 4 is 64.3 Å². The number of benzene rings is 2. The molecular formula is C22H21Cl2N3O5S. The Balaban J connectivity index is 1.64. The number of anilines is 1. The number of hydrogen-bond acceptors (Lipinski definition) is 5. The first-order valence-electron chi connectivity index (χ1n) is 9.89. The number of carbonyl (C=O) groups is 4. The summed E-state index contributed by atoms with van der Waals surface area (Å²) in [5, 5.41) is 15.2. The predicted molar refractivity (Wildman–Crippen MR) is 128 cm³/mol. The molecule has 0 aliphatic carbocycles. The van der Waals surface area contributed by atoms with Gasteiger partial charge in [-0.05, 0) is 29.8 Å². The standard InChI is InChI=1S/C22H21Cl2N3O5S/c1-12(28)27-11-33-10-18(27)20(29)26-17(22(31)32)9-13-5-7-14(8-6-13)25-21(30)19-15(23)3-2-4-16(19)24/h2-8,17-18H,9-11H2,1H3,(H,25,30)(H,26,29)(H,31,32)/t17-,18-/m0/s1. The van der Waals surface area contributed by atoms with Crippen LogP contribution in [0.5, 0.6) is 0 Å². The Labute approximate surface area is 204 Å². The minimum atomic E-state index is -1.19. The molecule has 33 heavy (non-hydrogen) atoms. The molecule has 0 radical (unpaired) electrons. The van der Waals surface area contributed by atoms with E-state index >= 15 is 0 Å². The number of nitrogens with zero attached hydrogens (tertiary/aromatic N) is 1. The maximum Gasteiger partial charge on any atom is 0.326 e. The molecule has 2 aromatic carbocycles. The van der Waals surface area contributed by atoms with Gasteiger partial charge in [0.05, 0.1) is 21.5 Å².